The summed E-state index contributed by atoms with van der Waals surface area (Å²) in [5, 5.41) is 16.2. The first kappa shape index (κ1) is 14.5. The molecule has 0 bridgehead atoms. The summed E-state index contributed by atoms with van der Waals surface area (Å²) >= 11 is 0. The second-order valence-electron chi connectivity index (χ2n) is 6.13. The number of carbonyl (C=O) groups excluding carboxylic acids is 1. The molecular formula is C13H26N2O2. The molecule has 1 rings (SSSR count). The van der Waals surface area contributed by atoms with E-state index < -0.39 is 11.1 Å². The van der Waals surface area contributed by atoms with E-state index in [0.717, 1.165) is 19.5 Å². The Morgan fingerprint density at radius 1 is 1.41 bits per heavy atom. The molecule has 0 aliphatic carbocycles. The number of aliphatic hydroxyl groups is 1. The maximum atomic E-state index is 11.8. The normalized spacial score (nSPS) is 21.6. The minimum absolute atomic E-state index is 0.0315. The molecule has 0 saturated carbocycles. The van der Waals surface area contributed by atoms with E-state index in [1.807, 2.05) is 13.8 Å². The van der Waals surface area contributed by atoms with Crippen LogP contribution in [0.1, 0.15) is 47.0 Å². The molecule has 0 aromatic carbocycles. The number of carbonyl (C=O) groups is 1. The summed E-state index contributed by atoms with van der Waals surface area (Å²) in [6.45, 7) is 9.23. The van der Waals surface area contributed by atoms with Crippen LogP contribution in [0, 0.1) is 5.92 Å². The van der Waals surface area contributed by atoms with Gasteiger partial charge in [0, 0.05) is 6.42 Å². The molecule has 1 amide bonds. The summed E-state index contributed by atoms with van der Waals surface area (Å²) in [6.07, 6.45) is 2.65. The maximum Gasteiger partial charge on any atom is 0.220 e. The topological polar surface area (TPSA) is 61.4 Å². The third-order valence-electron chi connectivity index (χ3n) is 3.92. The van der Waals surface area contributed by atoms with Crippen molar-refractivity contribution < 1.29 is 9.90 Å². The van der Waals surface area contributed by atoms with Crippen LogP contribution >= 0.6 is 0 Å². The van der Waals surface area contributed by atoms with Gasteiger partial charge in [-0.3, -0.25) is 4.79 Å². The second-order valence-corrected chi connectivity index (χ2v) is 6.13. The largest absolute Gasteiger partial charge is 0.388 e. The van der Waals surface area contributed by atoms with E-state index in [-0.39, 0.29) is 5.91 Å². The Bertz CT molecular complexity index is 263. The van der Waals surface area contributed by atoms with Gasteiger partial charge in [0.2, 0.25) is 5.91 Å². The van der Waals surface area contributed by atoms with Gasteiger partial charge in [-0.15, -0.1) is 0 Å². The fraction of sp³-hybridized carbons (Fsp3) is 0.923. The molecule has 3 N–H and O–H groups in total. The van der Waals surface area contributed by atoms with Crippen molar-refractivity contribution in [3.8, 4) is 0 Å². The van der Waals surface area contributed by atoms with Gasteiger partial charge in [0.05, 0.1) is 11.1 Å². The van der Waals surface area contributed by atoms with Crippen LogP contribution in [0.4, 0.5) is 0 Å². The van der Waals surface area contributed by atoms with Gasteiger partial charge in [-0.05, 0) is 59.5 Å². The van der Waals surface area contributed by atoms with Gasteiger partial charge < -0.3 is 15.7 Å². The lowest BCUT2D eigenvalue weighted by Crippen LogP contribution is -2.57. The summed E-state index contributed by atoms with van der Waals surface area (Å²) < 4.78 is 0. The quantitative estimate of drug-likeness (QED) is 0.675. The van der Waals surface area contributed by atoms with Crippen molar-refractivity contribution in [1.29, 1.82) is 0 Å². The summed E-state index contributed by atoms with van der Waals surface area (Å²) in [5.74, 6) is 0.662. The van der Waals surface area contributed by atoms with Crippen molar-refractivity contribution in [2.24, 2.45) is 5.92 Å². The lowest BCUT2D eigenvalue weighted by molar-refractivity contribution is -0.126. The van der Waals surface area contributed by atoms with Gasteiger partial charge >= 0.3 is 0 Å². The van der Waals surface area contributed by atoms with Crippen LogP contribution in [0.2, 0.25) is 0 Å². The molecule has 4 nitrogen and oxygen atoms in total. The van der Waals surface area contributed by atoms with Gasteiger partial charge in [-0.2, -0.15) is 0 Å². The third kappa shape index (κ3) is 4.28. The monoisotopic (exact) mass is 242 g/mol. The zero-order chi connectivity index (χ0) is 13.1. The number of amides is 1. The molecule has 100 valence electrons. The first-order valence-corrected chi connectivity index (χ1v) is 6.46. The summed E-state index contributed by atoms with van der Waals surface area (Å²) in [5.41, 5.74) is -1.52. The van der Waals surface area contributed by atoms with E-state index in [4.69, 9.17) is 0 Å². The fourth-order valence-corrected chi connectivity index (χ4v) is 1.86. The van der Waals surface area contributed by atoms with Crippen LogP contribution in [-0.2, 0) is 4.79 Å². The highest BCUT2D eigenvalue weighted by molar-refractivity contribution is 5.76. The van der Waals surface area contributed by atoms with Crippen LogP contribution < -0.4 is 10.6 Å². The molecule has 1 aliphatic heterocycles. The van der Waals surface area contributed by atoms with E-state index in [2.05, 4.69) is 10.6 Å². The molecule has 0 spiro atoms. The van der Waals surface area contributed by atoms with Crippen molar-refractivity contribution >= 4 is 5.91 Å². The zero-order valence-electron chi connectivity index (χ0n) is 11.5. The first-order valence-electron chi connectivity index (χ1n) is 6.46. The average Bonchev–Trinajstić information content (AvgIpc) is 2.64. The molecule has 1 aliphatic rings. The van der Waals surface area contributed by atoms with Gasteiger partial charge in [0.1, 0.15) is 0 Å². The van der Waals surface area contributed by atoms with Crippen molar-refractivity contribution in [3.63, 3.8) is 0 Å². The van der Waals surface area contributed by atoms with E-state index >= 15 is 0 Å². The summed E-state index contributed by atoms with van der Waals surface area (Å²) in [7, 11) is 0. The highest BCUT2D eigenvalue weighted by Gasteiger charge is 2.36. The van der Waals surface area contributed by atoms with E-state index in [1.54, 1.807) is 13.8 Å². The molecule has 1 atom stereocenters. The summed E-state index contributed by atoms with van der Waals surface area (Å²) in [4.78, 5) is 11.8. The predicted molar refractivity (Wildman–Crippen MR) is 68.7 cm³/mol. The molecule has 1 unspecified atom stereocenters. The number of rotatable bonds is 5. The maximum absolute atomic E-state index is 11.8. The Balaban J connectivity index is 2.33. The Kier molecular flexibility index (Phi) is 4.55. The SMILES string of the molecule is CC(C)(O)C(C)(C)NC(=O)CCC1CCNC1. The van der Waals surface area contributed by atoms with Crippen LogP contribution in [0.3, 0.4) is 0 Å². The molecule has 1 heterocycles. The number of nitrogens with one attached hydrogen (secondary N) is 2. The van der Waals surface area contributed by atoms with Crippen molar-refractivity contribution in [3.05, 3.63) is 0 Å². The lowest BCUT2D eigenvalue weighted by Gasteiger charge is -2.38. The molecule has 1 saturated heterocycles. The van der Waals surface area contributed by atoms with E-state index in [0.29, 0.717) is 12.3 Å². The highest BCUT2D eigenvalue weighted by Crippen LogP contribution is 2.21. The van der Waals surface area contributed by atoms with Crippen LogP contribution in [0.15, 0.2) is 0 Å². The van der Waals surface area contributed by atoms with E-state index in [9.17, 15) is 9.90 Å². The van der Waals surface area contributed by atoms with Crippen molar-refractivity contribution in [2.45, 2.75) is 58.1 Å². The minimum atomic E-state index is -0.919. The van der Waals surface area contributed by atoms with Crippen molar-refractivity contribution in [2.75, 3.05) is 13.1 Å². The molecule has 4 heteroatoms. The molecule has 0 aromatic heterocycles. The molecule has 1 fully saturated rings. The van der Waals surface area contributed by atoms with Gasteiger partial charge in [-0.1, -0.05) is 0 Å². The number of hydrogen-bond donors (Lipinski definition) is 3. The molecular weight excluding hydrogens is 216 g/mol. The Morgan fingerprint density at radius 2 is 2.06 bits per heavy atom. The smallest absolute Gasteiger partial charge is 0.220 e. The molecule has 0 radical (unpaired) electrons. The number of hydrogen-bond acceptors (Lipinski definition) is 3. The average molecular weight is 242 g/mol. The lowest BCUT2D eigenvalue weighted by atomic mass is 9.85. The standard InChI is InChI=1S/C13H26N2O2/c1-12(2,13(3,4)17)15-11(16)6-5-10-7-8-14-9-10/h10,14,17H,5-9H2,1-4H3,(H,15,16). The Hall–Kier alpha value is -0.610. The van der Waals surface area contributed by atoms with Gasteiger partial charge in [-0.25, -0.2) is 0 Å². The molecule has 17 heavy (non-hydrogen) atoms. The van der Waals surface area contributed by atoms with Crippen LogP contribution in [-0.4, -0.2) is 35.2 Å². The third-order valence-corrected chi connectivity index (χ3v) is 3.92. The van der Waals surface area contributed by atoms with E-state index in [1.165, 1.54) is 6.42 Å². The zero-order valence-corrected chi connectivity index (χ0v) is 11.5. The van der Waals surface area contributed by atoms with Gasteiger partial charge in [0.15, 0.2) is 0 Å². The Labute approximate surface area is 104 Å². The summed E-state index contributed by atoms with van der Waals surface area (Å²) in [6, 6.07) is 0. The predicted octanol–water partition coefficient (Wildman–Crippen LogP) is 1.04. The van der Waals surface area contributed by atoms with Crippen LogP contribution in [0.25, 0.3) is 0 Å². The first-order chi connectivity index (χ1) is 7.72. The molecule has 0 aromatic rings. The fourth-order valence-electron chi connectivity index (χ4n) is 1.86. The van der Waals surface area contributed by atoms with Crippen LogP contribution in [0.5, 0.6) is 0 Å². The van der Waals surface area contributed by atoms with Crippen molar-refractivity contribution in [1.82, 2.24) is 10.6 Å². The minimum Gasteiger partial charge on any atom is -0.388 e. The Morgan fingerprint density at radius 3 is 2.53 bits per heavy atom. The highest BCUT2D eigenvalue weighted by atomic mass is 16.3. The van der Waals surface area contributed by atoms with Gasteiger partial charge in [0.25, 0.3) is 0 Å². The second kappa shape index (κ2) is 5.36.